The smallest absolute Gasteiger partial charge is 0.290 e. The molecule has 1 aromatic rings. The number of amidine groups is 1. The summed E-state index contributed by atoms with van der Waals surface area (Å²) in [6.45, 7) is 1.45. The third-order valence-electron chi connectivity index (χ3n) is 2.12. The molecule has 6 heteroatoms. The zero-order valence-electron chi connectivity index (χ0n) is 8.53. The number of carbonyl (C=O) groups excluding carboxylic acids is 1. The molecule has 0 unspecified atom stereocenters. The van der Waals surface area contributed by atoms with E-state index in [1.165, 1.54) is 0 Å². The van der Waals surface area contributed by atoms with E-state index in [0.29, 0.717) is 18.1 Å². The van der Waals surface area contributed by atoms with E-state index < -0.39 is 0 Å². The highest BCUT2D eigenvalue weighted by molar-refractivity contribution is 6.43. The van der Waals surface area contributed by atoms with Crippen LogP contribution in [0.25, 0.3) is 0 Å². The van der Waals surface area contributed by atoms with Crippen molar-refractivity contribution in [1.29, 1.82) is 0 Å². The van der Waals surface area contributed by atoms with Gasteiger partial charge >= 0.3 is 0 Å². The van der Waals surface area contributed by atoms with Gasteiger partial charge < -0.3 is 10.6 Å². The van der Waals surface area contributed by atoms with E-state index in [1.807, 2.05) is 0 Å². The van der Waals surface area contributed by atoms with Crippen molar-refractivity contribution in [2.75, 3.05) is 18.4 Å². The van der Waals surface area contributed by atoms with Crippen LogP contribution in [0.2, 0.25) is 5.15 Å². The molecule has 1 amide bonds. The van der Waals surface area contributed by atoms with Gasteiger partial charge in [-0.3, -0.25) is 9.79 Å². The van der Waals surface area contributed by atoms with Crippen molar-refractivity contribution in [2.45, 2.75) is 6.42 Å². The first kappa shape index (κ1) is 10.9. The molecule has 1 aliphatic heterocycles. The van der Waals surface area contributed by atoms with Crippen LogP contribution in [0.4, 0.5) is 5.69 Å². The molecule has 0 aliphatic carbocycles. The summed E-state index contributed by atoms with van der Waals surface area (Å²) >= 11 is 5.82. The van der Waals surface area contributed by atoms with Gasteiger partial charge in [-0.15, -0.1) is 0 Å². The Balaban J connectivity index is 2.07. The molecule has 0 spiro atoms. The summed E-state index contributed by atoms with van der Waals surface area (Å²) in [6, 6.07) is 3.40. The Morgan fingerprint density at radius 1 is 1.56 bits per heavy atom. The number of anilines is 1. The summed E-state index contributed by atoms with van der Waals surface area (Å²) in [6.07, 6.45) is 2.51. The Morgan fingerprint density at radius 3 is 3.12 bits per heavy atom. The molecule has 0 saturated carbocycles. The zero-order valence-corrected chi connectivity index (χ0v) is 9.29. The minimum absolute atomic E-state index is 0.271. The molecule has 0 atom stereocenters. The maximum Gasteiger partial charge on any atom is 0.290 e. The summed E-state index contributed by atoms with van der Waals surface area (Å²) in [5.74, 6) is 0.0702. The van der Waals surface area contributed by atoms with Gasteiger partial charge in [-0.05, 0) is 18.6 Å². The first-order chi connectivity index (χ1) is 7.77. The minimum Gasteiger partial charge on any atom is -0.366 e. The lowest BCUT2D eigenvalue weighted by atomic mass is 10.3. The average Bonchev–Trinajstić information content (AvgIpc) is 2.33. The number of aliphatic imine (C=N–C) groups is 1. The van der Waals surface area contributed by atoms with Crippen LogP contribution in [0.1, 0.15) is 6.42 Å². The van der Waals surface area contributed by atoms with Crippen molar-refractivity contribution in [1.82, 2.24) is 10.3 Å². The molecule has 0 fully saturated rings. The van der Waals surface area contributed by atoms with Crippen molar-refractivity contribution >= 4 is 29.0 Å². The molecule has 1 aromatic heterocycles. The Labute approximate surface area is 97.9 Å². The van der Waals surface area contributed by atoms with Gasteiger partial charge in [0, 0.05) is 19.3 Å². The van der Waals surface area contributed by atoms with Crippen LogP contribution in [0, 0.1) is 0 Å². The monoisotopic (exact) mass is 238 g/mol. The van der Waals surface area contributed by atoms with Crippen LogP contribution in [-0.2, 0) is 4.79 Å². The maximum atomic E-state index is 11.7. The van der Waals surface area contributed by atoms with Gasteiger partial charge in [-0.25, -0.2) is 4.98 Å². The number of amides is 1. The van der Waals surface area contributed by atoms with Crippen LogP contribution >= 0.6 is 11.6 Å². The normalized spacial score (nSPS) is 14.9. The molecule has 0 radical (unpaired) electrons. The standard InChI is InChI=1S/C10H11ClN4O/c11-8-7(3-1-4-12-8)15-10(16)9-13-5-2-6-14-9/h1,3-4H,2,5-6H2,(H,13,14)(H,15,16). The van der Waals surface area contributed by atoms with E-state index in [0.717, 1.165) is 13.0 Å². The summed E-state index contributed by atoms with van der Waals surface area (Å²) in [7, 11) is 0. The van der Waals surface area contributed by atoms with Gasteiger partial charge in [0.25, 0.3) is 5.91 Å². The molecule has 5 nitrogen and oxygen atoms in total. The molecule has 0 saturated heterocycles. The summed E-state index contributed by atoms with van der Waals surface area (Å²) in [5.41, 5.74) is 0.490. The second-order valence-electron chi connectivity index (χ2n) is 3.31. The van der Waals surface area contributed by atoms with Crippen LogP contribution in [-0.4, -0.2) is 29.8 Å². The van der Waals surface area contributed by atoms with E-state index in [2.05, 4.69) is 20.6 Å². The lowest BCUT2D eigenvalue weighted by molar-refractivity contribution is -0.110. The van der Waals surface area contributed by atoms with Gasteiger partial charge in [0.2, 0.25) is 0 Å². The molecule has 16 heavy (non-hydrogen) atoms. The van der Waals surface area contributed by atoms with E-state index in [1.54, 1.807) is 18.3 Å². The second-order valence-corrected chi connectivity index (χ2v) is 3.66. The van der Waals surface area contributed by atoms with Crippen LogP contribution < -0.4 is 10.6 Å². The van der Waals surface area contributed by atoms with Gasteiger partial charge in [0.15, 0.2) is 11.0 Å². The number of carbonyl (C=O) groups is 1. The minimum atomic E-state index is -0.283. The van der Waals surface area contributed by atoms with Crippen LogP contribution in [0.5, 0.6) is 0 Å². The fourth-order valence-corrected chi connectivity index (χ4v) is 1.51. The SMILES string of the molecule is O=C(Nc1cccnc1Cl)C1=NCCCN1. The van der Waals surface area contributed by atoms with Gasteiger partial charge in [-0.2, -0.15) is 0 Å². The fraction of sp³-hybridized carbons (Fsp3) is 0.300. The number of aromatic nitrogens is 1. The van der Waals surface area contributed by atoms with Gasteiger partial charge in [-0.1, -0.05) is 11.6 Å². The van der Waals surface area contributed by atoms with Crippen molar-refractivity contribution in [2.24, 2.45) is 4.99 Å². The first-order valence-electron chi connectivity index (χ1n) is 4.97. The fourth-order valence-electron chi connectivity index (χ4n) is 1.35. The number of hydrogen-bond donors (Lipinski definition) is 2. The van der Waals surface area contributed by atoms with Crippen LogP contribution in [0.15, 0.2) is 23.3 Å². The Kier molecular flexibility index (Phi) is 3.36. The van der Waals surface area contributed by atoms with Crippen molar-refractivity contribution in [3.63, 3.8) is 0 Å². The number of nitrogens with one attached hydrogen (secondary N) is 2. The molecule has 2 N–H and O–H groups in total. The Morgan fingerprint density at radius 2 is 2.44 bits per heavy atom. The molecule has 84 valence electrons. The number of pyridine rings is 1. The Hall–Kier alpha value is -1.62. The maximum absolute atomic E-state index is 11.7. The highest BCUT2D eigenvalue weighted by Gasteiger charge is 2.14. The number of hydrogen-bond acceptors (Lipinski definition) is 4. The molecular formula is C10H11ClN4O. The predicted molar refractivity (Wildman–Crippen MR) is 62.8 cm³/mol. The number of rotatable bonds is 2. The van der Waals surface area contributed by atoms with E-state index in [-0.39, 0.29) is 11.1 Å². The lowest BCUT2D eigenvalue weighted by Crippen LogP contribution is -2.39. The van der Waals surface area contributed by atoms with Crippen molar-refractivity contribution < 1.29 is 4.79 Å². The van der Waals surface area contributed by atoms with Gasteiger partial charge in [0.05, 0.1) is 5.69 Å². The zero-order chi connectivity index (χ0) is 11.4. The van der Waals surface area contributed by atoms with Crippen molar-refractivity contribution in [3.8, 4) is 0 Å². The quantitative estimate of drug-likeness (QED) is 0.758. The lowest BCUT2D eigenvalue weighted by Gasteiger charge is -2.14. The number of halogens is 1. The first-order valence-corrected chi connectivity index (χ1v) is 5.35. The third-order valence-corrected chi connectivity index (χ3v) is 2.42. The van der Waals surface area contributed by atoms with E-state index in [9.17, 15) is 4.79 Å². The highest BCUT2D eigenvalue weighted by atomic mass is 35.5. The molecule has 2 rings (SSSR count). The van der Waals surface area contributed by atoms with Crippen LogP contribution in [0.3, 0.4) is 0 Å². The summed E-state index contributed by atoms with van der Waals surface area (Å²) in [4.78, 5) is 19.7. The van der Waals surface area contributed by atoms with Gasteiger partial charge in [0.1, 0.15) is 0 Å². The largest absolute Gasteiger partial charge is 0.366 e. The molecule has 1 aliphatic rings. The summed E-state index contributed by atoms with van der Waals surface area (Å²) < 4.78 is 0. The molecule has 2 heterocycles. The third kappa shape index (κ3) is 2.49. The average molecular weight is 239 g/mol. The number of nitrogens with zero attached hydrogens (tertiary/aromatic N) is 2. The molecule has 0 aromatic carbocycles. The molecular weight excluding hydrogens is 228 g/mol. The second kappa shape index (κ2) is 4.94. The Bertz CT molecular complexity index is 433. The summed E-state index contributed by atoms with van der Waals surface area (Å²) in [5, 5.41) is 5.86. The molecule has 0 bridgehead atoms. The van der Waals surface area contributed by atoms with Crippen molar-refractivity contribution in [3.05, 3.63) is 23.5 Å². The predicted octanol–water partition coefficient (Wildman–Crippen LogP) is 1.07. The topological polar surface area (TPSA) is 66.4 Å². The van der Waals surface area contributed by atoms with E-state index in [4.69, 9.17) is 11.6 Å². The van der Waals surface area contributed by atoms with E-state index >= 15 is 0 Å². The highest BCUT2D eigenvalue weighted by Crippen LogP contribution is 2.17.